The predicted octanol–water partition coefficient (Wildman–Crippen LogP) is 1.35. The Morgan fingerprint density at radius 2 is 2.47 bits per heavy atom. The molecule has 6 heteroatoms. The van der Waals surface area contributed by atoms with Crippen LogP contribution in [0.3, 0.4) is 0 Å². The van der Waals surface area contributed by atoms with Crippen molar-refractivity contribution in [1.82, 2.24) is 4.90 Å². The number of hydrogen-bond donors (Lipinski definition) is 0. The highest BCUT2D eigenvalue weighted by atomic mass is 32.2. The number of terminal acetylenes is 1. The van der Waals surface area contributed by atoms with Gasteiger partial charge in [0.2, 0.25) is 5.91 Å². The summed E-state index contributed by atoms with van der Waals surface area (Å²) < 4.78 is 4.68. The largest absolute Gasteiger partial charge is 0.447 e. The minimum absolute atomic E-state index is 0.221. The summed E-state index contributed by atoms with van der Waals surface area (Å²) >= 11 is 0.862. The van der Waals surface area contributed by atoms with Gasteiger partial charge in [0, 0.05) is 6.42 Å². The molecule has 0 aliphatic carbocycles. The Morgan fingerprint density at radius 3 is 3.00 bits per heavy atom. The Hall–Kier alpha value is -1.66. The average Bonchev–Trinajstić information content (AvgIpc) is 2.74. The van der Waals surface area contributed by atoms with Gasteiger partial charge < -0.3 is 4.74 Å². The molecule has 1 rings (SSSR count). The predicted molar refractivity (Wildman–Crippen MR) is 62.7 cm³/mol. The van der Waals surface area contributed by atoms with Crippen LogP contribution in [-0.2, 0) is 9.53 Å². The number of thioether (sulfide) groups is 1. The topological polar surface area (TPSA) is 70.4 Å². The second-order valence-corrected chi connectivity index (χ2v) is 4.39. The number of hydrogen-bond acceptors (Lipinski definition) is 5. The molecule has 1 fully saturated rings. The van der Waals surface area contributed by atoms with E-state index >= 15 is 0 Å². The van der Waals surface area contributed by atoms with Crippen molar-refractivity contribution in [3.05, 3.63) is 0 Å². The van der Waals surface area contributed by atoms with Crippen molar-refractivity contribution in [2.45, 2.75) is 24.5 Å². The summed E-state index contributed by atoms with van der Waals surface area (Å²) in [6.45, 7) is 0.480. The lowest BCUT2D eigenvalue weighted by Gasteiger charge is -2.16. The van der Waals surface area contributed by atoms with E-state index in [-0.39, 0.29) is 19.1 Å². The molecule has 1 unspecified atom stereocenters. The number of nitriles is 1. The smallest absolute Gasteiger partial charge is 0.416 e. The zero-order chi connectivity index (χ0) is 12.7. The third kappa shape index (κ3) is 3.69. The summed E-state index contributed by atoms with van der Waals surface area (Å²) in [5.74, 6) is 2.11. The van der Waals surface area contributed by atoms with Crippen LogP contribution >= 0.6 is 11.8 Å². The Morgan fingerprint density at radius 1 is 1.71 bits per heavy atom. The molecule has 5 nitrogen and oxygen atoms in total. The average molecular weight is 252 g/mol. The lowest BCUT2D eigenvalue weighted by Crippen LogP contribution is -2.38. The SMILES string of the molecule is C#CCCCC(SC#N)C(=O)N1CCOC1=O. The van der Waals surface area contributed by atoms with Crippen LogP contribution in [0.15, 0.2) is 0 Å². The first-order valence-electron chi connectivity index (χ1n) is 5.17. The molecule has 1 aliphatic rings. The number of carbonyl (C=O) groups excluding carboxylic acids is 2. The molecule has 0 N–H and O–H groups in total. The van der Waals surface area contributed by atoms with Gasteiger partial charge in [0.1, 0.15) is 12.0 Å². The number of carbonyl (C=O) groups is 2. The first-order valence-corrected chi connectivity index (χ1v) is 6.05. The van der Waals surface area contributed by atoms with Crippen LogP contribution in [0.25, 0.3) is 0 Å². The van der Waals surface area contributed by atoms with Gasteiger partial charge in [-0.15, -0.1) is 12.3 Å². The molecule has 2 amide bonds. The van der Waals surface area contributed by atoms with E-state index < -0.39 is 11.3 Å². The molecule has 1 saturated heterocycles. The maximum absolute atomic E-state index is 11.9. The highest BCUT2D eigenvalue weighted by Crippen LogP contribution is 2.20. The van der Waals surface area contributed by atoms with Crippen molar-refractivity contribution >= 4 is 23.8 Å². The third-order valence-electron chi connectivity index (χ3n) is 2.28. The summed E-state index contributed by atoms with van der Waals surface area (Å²) in [4.78, 5) is 24.2. The fourth-order valence-electron chi connectivity index (χ4n) is 1.45. The van der Waals surface area contributed by atoms with Gasteiger partial charge >= 0.3 is 6.09 Å². The van der Waals surface area contributed by atoms with Crippen molar-refractivity contribution in [1.29, 1.82) is 5.26 Å². The lowest BCUT2D eigenvalue weighted by atomic mass is 10.2. The second kappa shape index (κ2) is 6.82. The molecule has 0 spiro atoms. The molecular weight excluding hydrogens is 240 g/mol. The summed E-state index contributed by atoms with van der Waals surface area (Å²) in [6.07, 6.45) is 6.19. The van der Waals surface area contributed by atoms with E-state index in [0.717, 1.165) is 16.7 Å². The van der Waals surface area contributed by atoms with Crippen molar-refractivity contribution < 1.29 is 14.3 Å². The number of nitrogens with zero attached hydrogens (tertiary/aromatic N) is 2. The highest BCUT2D eigenvalue weighted by Gasteiger charge is 2.33. The van der Waals surface area contributed by atoms with Gasteiger partial charge in [0.05, 0.1) is 11.8 Å². The molecular formula is C11H12N2O3S. The van der Waals surface area contributed by atoms with E-state index in [0.29, 0.717) is 19.3 Å². The standard InChI is InChI=1S/C11H12N2O3S/c1-2-3-4-5-9(17-8-12)10(14)13-6-7-16-11(13)15/h1,9H,3-7H2. The van der Waals surface area contributed by atoms with Crippen molar-refractivity contribution in [2.75, 3.05) is 13.2 Å². The number of cyclic esters (lactones) is 1. The number of thiocyanates is 1. The van der Waals surface area contributed by atoms with Gasteiger partial charge in [-0.25, -0.2) is 9.69 Å². The van der Waals surface area contributed by atoms with Crippen molar-refractivity contribution in [3.8, 4) is 17.7 Å². The second-order valence-electron chi connectivity index (χ2n) is 3.40. The Balaban J connectivity index is 2.57. The van der Waals surface area contributed by atoms with Crippen LogP contribution in [0.1, 0.15) is 19.3 Å². The van der Waals surface area contributed by atoms with Crippen molar-refractivity contribution in [3.63, 3.8) is 0 Å². The van der Waals surface area contributed by atoms with E-state index in [1.807, 2.05) is 5.40 Å². The number of amides is 2. The zero-order valence-corrected chi connectivity index (χ0v) is 10.0. The van der Waals surface area contributed by atoms with Crippen molar-refractivity contribution in [2.24, 2.45) is 0 Å². The number of imide groups is 1. The molecule has 0 aromatic heterocycles. The highest BCUT2D eigenvalue weighted by molar-refractivity contribution is 8.04. The van der Waals surface area contributed by atoms with Gasteiger partial charge in [-0.1, -0.05) is 0 Å². The van der Waals surface area contributed by atoms with Gasteiger partial charge in [0.15, 0.2) is 0 Å². The summed E-state index contributed by atoms with van der Waals surface area (Å²) in [7, 11) is 0. The minimum atomic E-state index is -0.629. The number of ether oxygens (including phenoxy) is 1. The van der Waals surface area contributed by atoms with E-state index in [9.17, 15) is 9.59 Å². The molecule has 17 heavy (non-hydrogen) atoms. The third-order valence-corrected chi connectivity index (χ3v) is 3.11. The normalized spacial score (nSPS) is 15.9. The van der Waals surface area contributed by atoms with E-state index in [4.69, 9.17) is 11.7 Å². The maximum Gasteiger partial charge on any atom is 0.416 e. The molecule has 0 radical (unpaired) electrons. The first-order chi connectivity index (χ1) is 8.20. The summed E-state index contributed by atoms with van der Waals surface area (Å²) in [5, 5.41) is 9.97. The summed E-state index contributed by atoms with van der Waals surface area (Å²) in [5.41, 5.74) is 0. The zero-order valence-electron chi connectivity index (χ0n) is 9.22. The molecule has 90 valence electrons. The van der Waals surface area contributed by atoms with Gasteiger partial charge in [-0.05, 0) is 24.6 Å². The van der Waals surface area contributed by atoms with Crippen LogP contribution in [0, 0.1) is 23.0 Å². The molecule has 1 atom stereocenters. The monoisotopic (exact) mass is 252 g/mol. The maximum atomic E-state index is 11.9. The number of unbranched alkanes of at least 4 members (excludes halogenated alkanes) is 1. The van der Waals surface area contributed by atoms with Crippen LogP contribution in [0.4, 0.5) is 4.79 Å². The van der Waals surface area contributed by atoms with Crippen LogP contribution in [-0.4, -0.2) is 35.3 Å². The van der Waals surface area contributed by atoms with Gasteiger partial charge in [-0.2, -0.15) is 5.26 Å². The molecule has 0 aromatic carbocycles. The minimum Gasteiger partial charge on any atom is -0.447 e. The van der Waals surface area contributed by atoms with Crippen LogP contribution in [0.2, 0.25) is 0 Å². The first kappa shape index (κ1) is 13.4. The lowest BCUT2D eigenvalue weighted by molar-refractivity contribution is -0.127. The number of rotatable bonds is 5. The summed E-state index contributed by atoms with van der Waals surface area (Å²) in [6, 6.07) is 0. The Labute approximate surface area is 104 Å². The van der Waals surface area contributed by atoms with Gasteiger partial charge in [-0.3, -0.25) is 4.79 Å². The van der Waals surface area contributed by atoms with Crippen LogP contribution < -0.4 is 0 Å². The quantitative estimate of drug-likeness (QED) is 0.419. The van der Waals surface area contributed by atoms with E-state index in [1.54, 1.807) is 0 Å². The molecule has 0 aromatic rings. The van der Waals surface area contributed by atoms with E-state index in [2.05, 4.69) is 10.7 Å². The van der Waals surface area contributed by atoms with Crippen LogP contribution in [0.5, 0.6) is 0 Å². The molecule has 1 heterocycles. The fraction of sp³-hybridized carbons (Fsp3) is 0.545. The Bertz CT molecular complexity index is 383. The molecule has 0 saturated carbocycles. The van der Waals surface area contributed by atoms with Gasteiger partial charge in [0.25, 0.3) is 0 Å². The Kier molecular flexibility index (Phi) is 5.38. The fourth-order valence-corrected chi connectivity index (χ4v) is 2.09. The van der Waals surface area contributed by atoms with E-state index in [1.165, 1.54) is 0 Å². The molecule has 0 bridgehead atoms. The molecule has 1 aliphatic heterocycles.